The first-order valence-corrected chi connectivity index (χ1v) is 3.13. The van der Waals surface area contributed by atoms with Crippen LogP contribution in [0.1, 0.15) is 12.8 Å². The molecule has 0 fully saturated rings. The molecule has 4 nitrogen and oxygen atoms in total. The van der Waals surface area contributed by atoms with Gasteiger partial charge in [0, 0.05) is 13.0 Å². The van der Waals surface area contributed by atoms with Gasteiger partial charge in [0.1, 0.15) is 0 Å². The summed E-state index contributed by atoms with van der Waals surface area (Å²) in [6.07, 6.45) is 6.07. The van der Waals surface area contributed by atoms with Gasteiger partial charge in [0.15, 0.2) is 0 Å². The fourth-order valence-corrected chi connectivity index (χ4v) is 0.468. The van der Waals surface area contributed by atoms with Crippen LogP contribution in [0.2, 0.25) is 0 Å². The van der Waals surface area contributed by atoms with Gasteiger partial charge in [0.05, 0.1) is 0 Å². The number of hydrogen-bond acceptors (Lipinski definition) is 2. The molecule has 4 heteroatoms. The smallest absolute Gasteiger partial charge is 0.394 e. The fraction of sp³-hybridized carbons (Fsp3) is 0.429. The van der Waals surface area contributed by atoms with Crippen LogP contribution in [-0.2, 0) is 9.59 Å². The molecule has 0 aliphatic rings. The van der Waals surface area contributed by atoms with Crippen LogP contribution >= 0.6 is 0 Å². The summed E-state index contributed by atoms with van der Waals surface area (Å²) < 4.78 is 0. The highest BCUT2D eigenvalue weighted by Crippen LogP contribution is 1.82. The van der Waals surface area contributed by atoms with Gasteiger partial charge in [0.25, 0.3) is 0 Å². The van der Waals surface area contributed by atoms with Gasteiger partial charge in [-0.1, -0.05) is 0 Å². The van der Waals surface area contributed by atoms with Crippen LogP contribution in [0.5, 0.6) is 0 Å². The molecule has 0 aromatic heterocycles. The van der Waals surface area contributed by atoms with Crippen LogP contribution in [0, 0.1) is 12.3 Å². The second-order valence-electron chi connectivity index (χ2n) is 1.87. The van der Waals surface area contributed by atoms with Crippen molar-refractivity contribution in [2.75, 3.05) is 6.54 Å². The van der Waals surface area contributed by atoms with Gasteiger partial charge in [-0.3, -0.25) is 4.79 Å². The molecule has 0 aliphatic carbocycles. The Morgan fingerprint density at radius 2 is 2.18 bits per heavy atom. The van der Waals surface area contributed by atoms with Crippen molar-refractivity contribution in [2.45, 2.75) is 12.8 Å². The number of nitrogens with one attached hydrogen (secondary N) is 1. The molecular formula is C7H9NO3. The quantitative estimate of drug-likeness (QED) is 0.331. The van der Waals surface area contributed by atoms with Crippen molar-refractivity contribution in [3.8, 4) is 12.3 Å². The third-order valence-electron chi connectivity index (χ3n) is 0.978. The minimum atomic E-state index is -1.47. The minimum absolute atomic E-state index is 0.315. The van der Waals surface area contributed by atoms with Crippen molar-refractivity contribution < 1.29 is 14.7 Å². The number of amides is 1. The zero-order chi connectivity index (χ0) is 8.69. The first kappa shape index (κ1) is 9.50. The van der Waals surface area contributed by atoms with Gasteiger partial charge >= 0.3 is 11.9 Å². The molecule has 1 amide bonds. The standard InChI is InChI=1S/C7H9NO3/c1-2-3-4-5-8-6(9)7(10)11/h1H,3-5H2,(H,8,9)(H,10,11). The first-order chi connectivity index (χ1) is 5.18. The number of hydrogen-bond donors (Lipinski definition) is 2. The maximum Gasteiger partial charge on any atom is 0.394 e. The van der Waals surface area contributed by atoms with E-state index < -0.39 is 11.9 Å². The van der Waals surface area contributed by atoms with E-state index in [4.69, 9.17) is 11.5 Å². The third-order valence-corrected chi connectivity index (χ3v) is 0.978. The summed E-state index contributed by atoms with van der Waals surface area (Å²) in [5.41, 5.74) is 0. The van der Waals surface area contributed by atoms with Crippen molar-refractivity contribution in [1.82, 2.24) is 5.32 Å². The first-order valence-electron chi connectivity index (χ1n) is 3.13. The molecule has 11 heavy (non-hydrogen) atoms. The summed E-state index contributed by atoms with van der Waals surface area (Å²) >= 11 is 0. The van der Waals surface area contributed by atoms with Crippen LogP contribution < -0.4 is 5.32 Å². The molecule has 0 radical (unpaired) electrons. The number of unbranched alkanes of at least 4 members (excludes halogenated alkanes) is 1. The molecule has 0 aromatic carbocycles. The maximum absolute atomic E-state index is 10.3. The normalized spacial score (nSPS) is 8.27. The Hall–Kier alpha value is -1.50. The molecule has 0 rings (SSSR count). The molecular weight excluding hydrogens is 146 g/mol. The summed E-state index contributed by atoms with van der Waals surface area (Å²) in [6, 6.07) is 0. The lowest BCUT2D eigenvalue weighted by Crippen LogP contribution is -2.31. The summed E-state index contributed by atoms with van der Waals surface area (Å²) in [4.78, 5) is 20.3. The lowest BCUT2D eigenvalue weighted by Gasteiger charge is -1.97. The Kier molecular flexibility index (Phi) is 4.58. The summed E-state index contributed by atoms with van der Waals surface area (Å²) in [6.45, 7) is 0.315. The van der Waals surface area contributed by atoms with Crippen molar-refractivity contribution in [1.29, 1.82) is 0 Å². The van der Waals surface area contributed by atoms with E-state index in [1.165, 1.54) is 0 Å². The Morgan fingerprint density at radius 1 is 1.55 bits per heavy atom. The number of rotatable bonds is 3. The van der Waals surface area contributed by atoms with Crippen molar-refractivity contribution in [3.05, 3.63) is 0 Å². The number of aliphatic carboxylic acids is 1. The van der Waals surface area contributed by atoms with Gasteiger partial charge in [-0.15, -0.1) is 12.3 Å². The van der Waals surface area contributed by atoms with Crippen molar-refractivity contribution in [3.63, 3.8) is 0 Å². The van der Waals surface area contributed by atoms with Gasteiger partial charge in [-0.25, -0.2) is 4.79 Å². The molecule has 0 saturated heterocycles. The Labute approximate surface area is 64.6 Å². The molecule has 0 bridgehead atoms. The van der Waals surface area contributed by atoms with Gasteiger partial charge in [-0.2, -0.15) is 0 Å². The van der Waals surface area contributed by atoms with Crippen LogP contribution in [0.4, 0.5) is 0 Å². The topological polar surface area (TPSA) is 66.4 Å². The van der Waals surface area contributed by atoms with Crippen LogP contribution in [-0.4, -0.2) is 23.5 Å². The van der Waals surface area contributed by atoms with Crippen molar-refractivity contribution >= 4 is 11.9 Å². The van der Waals surface area contributed by atoms with Crippen molar-refractivity contribution in [2.24, 2.45) is 0 Å². The lowest BCUT2D eigenvalue weighted by atomic mass is 10.3. The predicted octanol–water partition coefficient (Wildman–Crippen LogP) is -0.399. The Balaban J connectivity index is 3.34. The van der Waals surface area contributed by atoms with Gasteiger partial charge in [0.2, 0.25) is 0 Å². The zero-order valence-electron chi connectivity index (χ0n) is 5.96. The summed E-state index contributed by atoms with van der Waals surface area (Å²) in [5, 5.41) is 10.3. The molecule has 0 aromatic rings. The van der Waals surface area contributed by atoms with Crippen LogP contribution in [0.15, 0.2) is 0 Å². The SMILES string of the molecule is C#CCCCNC(=O)C(=O)O. The average Bonchev–Trinajstić information content (AvgIpc) is 1.97. The van der Waals surface area contributed by atoms with E-state index in [-0.39, 0.29) is 0 Å². The number of carbonyl (C=O) groups excluding carboxylic acids is 1. The van der Waals surface area contributed by atoms with E-state index >= 15 is 0 Å². The number of carboxylic acid groups (broad SMARTS) is 1. The minimum Gasteiger partial charge on any atom is -0.474 e. The van der Waals surface area contributed by atoms with Gasteiger partial charge in [-0.05, 0) is 6.42 Å². The molecule has 60 valence electrons. The average molecular weight is 155 g/mol. The maximum atomic E-state index is 10.3. The third kappa shape index (κ3) is 4.97. The van der Waals surface area contributed by atoms with E-state index in [1.54, 1.807) is 0 Å². The van der Waals surface area contributed by atoms with E-state index in [0.29, 0.717) is 19.4 Å². The number of carboxylic acids is 1. The van der Waals surface area contributed by atoms with E-state index in [1.807, 2.05) is 0 Å². The number of carbonyl (C=O) groups is 2. The lowest BCUT2D eigenvalue weighted by molar-refractivity contribution is -0.150. The van der Waals surface area contributed by atoms with E-state index in [0.717, 1.165) is 0 Å². The highest BCUT2D eigenvalue weighted by Gasteiger charge is 2.08. The molecule has 0 aliphatic heterocycles. The summed E-state index contributed by atoms with van der Waals surface area (Å²) in [7, 11) is 0. The summed E-state index contributed by atoms with van der Waals surface area (Å²) in [5.74, 6) is -0.0792. The van der Waals surface area contributed by atoms with E-state index in [9.17, 15) is 9.59 Å². The molecule has 0 spiro atoms. The zero-order valence-corrected chi connectivity index (χ0v) is 5.96. The highest BCUT2D eigenvalue weighted by molar-refractivity contribution is 6.31. The highest BCUT2D eigenvalue weighted by atomic mass is 16.4. The largest absolute Gasteiger partial charge is 0.474 e. The molecule has 0 saturated carbocycles. The van der Waals surface area contributed by atoms with Crippen LogP contribution in [0.3, 0.4) is 0 Å². The molecule has 2 N–H and O–H groups in total. The second-order valence-corrected chi connectivity index (χ2v) is 1.87. The molecule has 0 unspecified atom stereocenters. The van der Waals surface area contributed by atoms with Gasteiger partial charge < -0.3 is 10.4 Å². The Bertz CT molecular complexity index is 192. The predicted molar refractivity (Wildman–Crippen MR) is 38.7 cm³/mol. The van der Waals surface area contributed by atoms with E-state index in [2.05, 4.69) is 11.2 Å². The number of terminal acetylenes is 1. The fourth-order valence-electron chi connectivity index (χ4n) is 0.468. The second kappa shape index (κ2) is 5.30. The van der Waals surface area contributed by atoms with Crippen LogP contribution in [0.25, 0.3) is 0 Å². The molecule has 0 atom stereocenters. The molecule has 0 heterocycles. The Morgan fingerprint density at radius 3 is 2.64 bits per heavy atom. The monoisotopic (exact) mass is 155 g/mol.